The van der Waals surface area contributed by atoms with Gasteiger partial charge in [0.25, 0.3) is 0 Å². The fourth-order valence-electron chi connectivity index (χ4n) is 2.99. The third-order valence-corrected chi connectivity index (χ3v) is 4.21. The van der Waals surface area contributed by atoms with Gasteiger partial charge in [-0.05, 0) is 42.9 Å². The van der Waals surface area contributed by atoms with Gasteiger partial charge in [0.1, 0.15) is 6.07 Å². The number of hydrogen-bond acceptors (Lipinski definition) is 4. The highest BCUT2D eigenvalue weighted by atomic mass is 19.2. The Morgan fingerprint density at radius 2 is 1.87 bits per heavy atom. The van der Waals surface area contributed by atoms with Gasteiger partial charge >= 0.3 is 0 Å². The van der Waals surface area contributed by atoms with Crippen molar-refractivity contribution in [2.75, 3.05) is 18.0 Å². The normalized spacial score (nSPS) is 15.4. The van der Waals surface area contributed by atoms with Gasteiger partial charge in [0.05, 0.1) is 0 Å². The number of halogens is 2. The van der Waals surface area contributed by atoms with Crippen LogP contribution in [0.3, 0.4) is 0 Å². The van der Waals surface area contributed by atoms with Crippen LogP contribution in [-0.2, 0) is 6.42 Å². The van der Waals surface area contributed by atoms with E-state index in [-0.39, 0.29) is 0 Å². The van der Waals surface area contributed by atoms with Crippen LogP contribution in [-0.4, -0.2) is 23.1 Å². The third kappa shape index (κ3) is 3.45. The summed E-state index contributed by atoms with van der Waals surface area (Å²) in [6.45, 7) is 1.56. The maximum absolute atomic E-state index is 13.3. The Labute approximate surface area is 133 Å². The molecule has 2 heterocycles. The molecule has 23 heavy (non-hydrogen) atoms. The van der Waals surface area contributed by atoms with E-state index in [2.05, 4.69) is 20.9 Å². The van der Waals surface area contributed by atoms with Gasteiger partial charge in [0.2, 0.25) is 0 Å². The second-order valence-corrected chi connectivity index (χ2v) is 5.72. The summed E-state index contributed by atoms with van der Waals surface area (Å²) < 4.78 is 26.2. The second-order valence-electron chi connectivity index (χ2n) is 5.72. The van der Waals surface area contributed by atoms with Crippen LogP contribution in [0.1, 0.15) is 24.1 Å². The smallest absolute Gasteiger partial charge is 0.183 e. The summed E-state index contributed by atoms with van der Waals surface area (Å²) in [5.74, 6) is -0.562. The van der Waals surface area contributed by atoms with Crippen LogP contribution in [0, 0.1) is 28.9 Å². The molecular weight excluding hydrogens is 298 g/mol. The van der Waals surface area contributed by atoms with E-state index >= 15 is 0 Å². The minimum Gasteiger partial charge on any atom is -0.354 e. The first kappa shape index (κ1) is 15.3. The van der Waals surface area contributed by atoms with Crippen LogP contribution in [0.4, 0.5) is 14.6 Å². The topological polar surface area (TPSA) is 52.8 Å². The summed E-state index contributed by atoms with van der Waals surface area (Å²) in [4.78, 5) is 10.4. The lowest BCUT2D eigenvalue weighted by Crippen LogP contribution is -2.35. The summed E-state index contributed by atoms with van der Waals surface area (Å²) in [6, 6.07) is 6.16. The molecule has 0 aliphatic carbocycles. The van der Waals surface area contributed by atoms with Crippen LogP contribution in [0.2, 0.25) is 0 Å². The minimum absolute atomic E-state index is 0.339. The number of aromatic nitrogens is 2. The number of piperidine rings is 1. The number of benzene rings is 1. The van der Waals surface area contributed by atoms with Crippen molar-refractivity contribution in [3.63, 3.8) is 0 Å². The predicted octanol–water partition coefficient (Wildman–Crippen LogP) is 3.09. The maximum atomic E-state index is 13.3. The molecule has 0 bridgehead atoms. The Hall–Kier alpha value is -2.55. The SMILES string of the molecule is N#Cc1nccnc1N1CCC(Cc2ccc(F)c(F)c2)CC1. The highest BCUT2D eigenvalue weighted by molar-refractivity contribution is 5.49. The van der Waals surface area contributed by atoms with E-state index in [9.17, 15) is 8.78 Å². The third-order valence-electron chi connectivity index (χ3n) is 4.21. The number of hydrogen-bond donors (Lipinski definition) is 0. The largest absolute Gasteiger partial charge is 0.354 e. The average molecular weight is 314 g/mol. The van der Waals surface area contributed by atoms with Gasteiger partial charge in [-0.1, -0.05) is 6.07 Å². The number of anilines is 1. The molecular formula is C17H16F2N4. The summed E-state index contributed by atoms with van der Waals surface area (Å²) in [5.41, 5.74) is 1.16. The zero-order chi connectivity index (χ0) is 16.2. The van der Waals surface area contributed by atoms with Gasteiger partial charge in [-0.25, -0.2) is 18.7 Å². The molecule has 6 heteroatoms. The molecule has 1 aliphatic rings. The molecule has 4 nitrogen and oxygen atoms in total. The van der Waals surface area contributed by atoms with E-state index in [4.69, 9.17) is 5.26 Å². The Morgan fingerprint density at radius 1 is 1.13 bits per heavy atom. The van der Waals surface area contributed by atoms with E-state index in [0.717, 1.165) is 37.9 Å². The first-order chi connectivity index (χ1) is 11.2. The molecule has 1 fully saturated rings. The molecule has 2 aromatic rings. The van der Waals surface area contributed by atoms with Crippen molar-refractivity contribution in [2.45, 2.75) is 19.3 Å². The van der Waals surface area contributed by atoms with Crippen LogP contribution in [0.5, 0.6) is 0 Å². The quantitative estimate of drug-likeness (QED) is 0.873. The maximum Gasteiger partial charge on any atom is 0.183 e. The molecule has 0 saturated carbocycles. The fraction of sp³-hybridized carbons (Fsp3) is 0.353. The van der Waals surface area contributed by atoms with E-state index < -0.39 is 11.6 Å². The summed E-state index contributed by atoms with van der Waals surface area (Å²) in [7, 11) is 0. The lowest BCUT2D eigenvalue weighted by molar-refractivity contribution is 0.400. The van der Waals surface area contributed by atoms with Crippen LogP contribution in [0.15, 0.2) is 30.6 Å². The first-order valence-electron chi connectivity index (χ1n) is 7.57. The zero-order valence-electron chi connectivity index (χ0n) is 12.5. The van der Waals surface area contributed by atoms with E-state index in [1.807, 2.05) is 0 Å². The van der Waals surface area contributed by atoms with Crippen molar-refractivity contribution in [3.05, 3.63) is 53.5 Å². The summed E-state index contributed by atoms with van der Waals surface area (Å²) in [5, 5.41) is 9.10. The summed E-state index contributed by atoms with van der Waals surface area (Å²) in [6.07, 6.45) is 5.67. The van der Waals surface area contributed by atoms with Crippen LogP contribution in [0.25, 0.3) is 0 Å². The van der Waals surface area contributed by atoms with Crippen molar-refractivity contribution in [2.24, 2.45) is 5.92 Å². The zero-order valence-corrected chi connectivity index (χ0v) is 12.5. The van der Waals surface area contributed by atoms with Crippen molar-refractivity contribution in [1.29, 1.82) is 5.26 Å². The van der Waals surface area contributed by atoms with Crippen molar-refractivity contribution < 1.29 is 8.78 Å². The molecule has 1 aromatic heterocycles. The van der Waals surface area contributed by atoms with Crippen molar-refractivity contribution >= 4 is 5.82 Å². The average Bonchev–Trinajstić information content (AvgIpc) is 2.59. The molecule has 0 radical (unpaired) electrons. The van der Waals surface area contributed by atoms with E-state index in [1.54, 1.807) is 12.3 Å². The van der Waals surface area contributed by atoms with E-state index in [1.165, 1.54) is 18.3 Å². The van der Waals surface area contributed by atoms with E-state index in [0.29, 0.717) is 17.4 Å². The molecule has 0 amide bonds. The predicted molar refractivity (Wildman–Crippen MR) is 81.7 cm³/mol. The molecule has 1 aromatic carbocycles. The minimum atomic E-state index is -0.810. The number of nitriles is 1. The van der Waals surface area contributed by atoms with Gasteiger partial charge < -0.3 is 4.90 Å². The lowest BCUT2D eigenvalue weighted by Gasteiger charge is -2.33. The standard InChI is InChI=1S/C17H16F2N4/c18-14-2-1-13(10-15(14)19)9-12-3-7-23(8-4-12)17-16(11-20)21-5-6-22-17/h1-2,5-6,10,12H,3-4,7-9H2. The monoisotopic (exact) mass is 314 g/mol. The Morgan fingerprint density at radius 3 is 2.57 bits per heavy atom. The number of rotatable bonds is 3. The Bertz CT molecular complexity index is 734. The van der Waals surface area contributed by atoms with Crippen LogP contribution < -0.4 is 4.90 Å². The first-order valence-corrected chi connectivity index (χ1v) is 7.57. The fourth-order valence-corrected chi connectivity index (χ4v) is 2.99. The van der Waals surface area contributed by atoms with Gasteiger partial charge in [-0.15, -0.1) is 0 Å². The van der Waals surface area contributed by atoms with Gasteiger partial charge in [-0.2, -0.15) is 5.26 Å². The molecule has 1 saturated heterocycles. The lowest BCUT2D eigenvalue weighted by atomic mass is 9.90. The summed E-state index contributed by atoms with van der Waals surface area (Å²) >= 11 is 0. The van der Waals surface area contributed by atoms with Crippen molar-refractivity contribution in [3.8, 4) is 6.07 Å². The molecule has 3 rings (SSSR count). The molecule has 0 atom stereocenters. The van der Waals surface area contributed by atoms with Gasteiger partial charge in [0, 0.05) is 25.5 Å². The highest BCUT2D eigenvalue weighted by Crippen LogP contribution is 2.26. The molecule has 0 N–H and O–H groups in total. The molecule has 118 valence electrons. The highest BCUT2D eigenvalue weighted by Gasteiger charge is 2.22. The molecule has 1 aliphatic heterocycles. The van der Waals surface area contributed by atoms with Gasteiger partial charge in [-0.3, -0.25) is 0 Å². The molecule has 0 unspecified atom stereocenters. The molecule has 0 spiro atoms. The Kier molecular flexibility index (Phi) is 4.47. The van der Waals surface area contributed by atoms with Crippen LogP contribution >= 0.6 is 0 Å². The van der Waals surface area contributed by atoms with Crippen molar-refractivity contribution in [1.82, 2.24) is 9.97 Å². The Balaban J connectivity index is 1.62. The van der Waals surface area contributed by atoms with Gasteiger partial charge in [0.15, 0.2) is 23.1 Å². The second kappa shape index (κ2) is 6.69. The number of nitrogens with zero attached hydrogens (tertiary/aromatic N) is 4.